The Morgan fingerprint density at radius 1 is 1.57 bits per heavy atom. The minimum absolute atomic E-state index is 0.00694. The molecule has 0 amide bonds. The Hall–Kier alpha value is -0.580. The van der Waals surface area contributed by atoms with E-state index in [-0.39, 0.29) is 11.6 Å². The molecule has 3 N–H and O–H groups in total. The molecule has 2 heterocycles. The third-order valence-electron chi connectivity index (χ3n) is 3.04. The third-order valence-corrected chi connectivity index (χ3v) is 3.04. The largest absolute Gasteiger partial charge is 0.496 e. The zero-order chi connectivity index (χ0) is 10.0. The van der Waals surface area contributed by atoms with Gasteiger partial charge in [-0.25, -0.2) is 5.43 Å². The van der Waals surface area contributed by atoms with Crippen molar-refractivity contribution in [3.8, 4) is 0 Å². The van der Waals surface area contributed by atoms with Crippen LogP contribution in [0.2, 0.25) is 0 Å². The van der Waals surface area contributed by atoms with Crippen LogP contribution in [0.5, 0.6) is 0 Å². The molecule has 0 bridgehead atoms. The molecule has 0 aromatic heterocycles. The predicted octanol–water partition coefficient (Wildman–Crippen LogP) is 0.692. The van der Waals surface area contributed by atoms with Crippen molar-refractivity contribution in [2.45, 2.75) is 37.8 Å². The molecular weight excluding hydrogens is 180 g/mol. The first-order valence-electron chi connectivity index (χ1n) is 5.19. The van der Waals surface area contributed by atoms with Crippen LogP contribution in [-0.2, 0) is 9.47 Å². The standard InChI is InChI=1S/C10H18N2O2/c1-10(5-3-7-14-10)9(12-11)8-4-2-6-13-8/h4,9,12H,2-3,5-7,11H2,1H3. The molecule has 2 aliphatic rings. The van der Waals surface area contributed by atoms with Crippen LogP contribution in [0.15, 0.2) is 11.8 Å². The van der Waals surface area contributed by atoms with Gasteiger partial charge in [-0.15, -0.1) is 0 Å². The molecule has 1 saturated heterocycles. The van der Waals surface area contributed by atoms with E-state index in [0.717, 1.165) is 38.2 Å². The smallest absolute Gasteiger partial charge is 0.113 e. The van der Waals surface area contributed by atoms with Gasteiger partial charge < -0.3 is 9.47 Å². The highest BCUT2D eigenvalue weighted by molar-refractivity contribution is 5.14. The normalized spacial score (nSPS) is 34.0. The van der Waals surface area contributed by atoms with Gasteiger partial charge in [-0.2, -0.15) is 0 Å². The van der Waals surface area contributed by atoms with Gasteiger partial charge in [0, 0.05) is 13.0 Å². The number of nitrogens with two attached hydrogens (primary N) is 1. The molecule has 1 fully saturated rings. The summed E-state index contributed by atoms with van der Waals surface area (Å²) < 4.78 is 11.3. The molecular formula is C10H18N2O2. The maximum atomic E-state index is 5.74. The van der Waals surface area contributed by atoms with E-state index < -0.39 is 0 Å². The van der Waals surface area contributed by atoms with E-state index in [1.807, 2.05) is 0 Å². The monoisotopic (exact) mass is 198 g/mol. The van der Waals surface area contributed by atoms with E-state index in [9.17, 15) is 0 Å². The van der Waals surface area contributed by atoms with E-state index in [0.29, 0.717) is 0 Å². The summed E-state index contributed by atoms with van der Waals surface area (Å²) in [6.45, 7) is 3.68. The highest BCUT2D eigenvalue weighted by Gasteiger charge is 2.41. The van der Waals surface area contributed by atoms with Crippen LogP contribution in [0.3, 0.4) is 0 Å². The van der Waals surface area contributed by atoms with Crippen molar-refractivity contribution < 1.29 is 9.47 Å². The van der Waals surface area contributed by atoms with Crippen molar-refractivity contribution in [1.29, 1.82) is 0 Å². The number of hydrazine groups is 1. The Balaban J connectivity index is 2.11. The fourth-order valence-corrected chi connectivity index (χ4v) is 2.23. The van der Waals surface area contributed by atoms with E-state index in [1.54, 1.807) is 0 Å². The van der Waals surface area contributed by atoms with Crippen molar-refractivity contribution in [1.82, 2.24) is 5.43 Å². The molecule has 2 rings (SSSR count). The first-order chi connectivity index (χ1) is 6.76. The van der Waals surface area contributed by atoms with Crippen molar-refractivity contribution in [2.75, 3.05) is 13.2 Å². The van der Waals surface area contributed by atoms with E-state index in [4.69, 9.17) is 15.3 Å². The maximum Gasteiger partial charge on any atom is 0.113 e. The van der Waals surface area contributed by atoms with Crippen molar-refractivity contribution in [2.24, 2.45) is 5.84 Å². The highest BCUT2D eigenvalue weighted by atomic mass is 16.5. The van der Waals surface area contributed by atoms with Gasteiger partial charge in [-0.05, 0) is 25.8 Å². The van der Waals surface area contributed by atoms with Gasteiger partial charge >= 0.3 is 0 Å². The van der Waals surface area contributed by atoms with Crippen molar-refractivity contribution in [3.63, 3.8) is 0 Å². The molecule has 0 aromatic carbocycles. The zero-order valence-corrected chi connectivity index (χ0v) is 8.58. The third kappa shape index (κ3) is 1.65. The van der Waals surface area contributed by atoms with Gasteiger partial charge in [0.05, 0.1) is 12.2 Å². The number of rotatable bonds is 3. The number of ether oxygens (including phenoxy) is 2. The minimum atomic E-state index is -0.203. The molecule has 0 aliphatic carbocycles. The zero-order valence-electron chi connectivity index (χ0n) is 8.58. The summed E-state index contributed by atoms with van der Waals surface area (Å²) in [4.78, 5) is 0. The van der Waals surface area contributed by atoms with Crippen LogP contribution in [0, 0.1) is 0 Å². The molecule has 2 aliphatic heterocycles. The van der Waals surface area contributed by atoms with Gasteiger partial charge in [-0.1, -0.05) is 0 Å². The lowest BCUT2D eigenvalue weighted by molar-refractivity contribution is -0.0152. The van der Waals surface area contributed by atoms with Crippen LogP contribution in [0.25, 0.3) is 0 Å². The Bertz CT molecular complexity index is 234. The second-order valence-corrected chi connectivity index (χ2v) is 4.11. The lowest BCUT2D eigenvalue weighted by Crippen LogP contribution is -2.52. The summed E-state index contributed by atoms with van der Waals surface area (Å²) in [6.07, 6.45) is 5.20. The van der Waals surface area contributed by atoms with Gasteiger partial charge in [0.15, 0.2) is 0 Å². The second kappa shape index (κ2) is 3.88. The second-order valence-electron chi connectivity index (χ2n) is 4.11. The fourth-order valence-electron chi connectivity index (χ4n) is 2.23. The van der Waals surface area contributed by atoms with Crippen molar-refractivity contribution >= 4 is 0 Å². The van der Waals surface area contributed by atoms with Gasteiger partial charge in [0.1, 0.15) is 11.8 Å². The molecule has 14 heavy (non-hydrogen) atoms. The van der Waals surface area contributed by atoms with Crippen LogP contribution < -0.4 is 11.3 Å². The van der Waals surface area contributed by atoms with E-state index >= 15 is 0 Å². The highest BCUT2D eigenvalue weighted by Crippen LogP contribution is 2.33. The average molecular weight is 198 g/mol. The molecule has 0 spiro atoms. The minimum Gasteiger partial charge on any atom is -0.496 e. The molecule has 2 atom stereocenters. The molecule has 2 unspecified atom stereocenters. The Kier molecular flexibility index (Phi) is 2.76. The van der Waals surface area contributed by atoms with E-state index in [1.165, 1.54) is 0 Å². The lowest BCUT2D eigenvalue weighted by atomic mass is 9.92. The topological polar surface area (TPSA) is 56.5 Å². The Morgan fingerprint density at radius 2 is 2.43 bits per heavy atom. The molecule has 0 radical (unpaired) electrons. The maximum absolute atomic E-state index is 5.74. The predicted molar refractivity (Wildman–Crippen MR) is 53.4 cm³/mol. The number of hydrogen-bond acceptors (Lipinski definition) is 4. The molecule has 80 valence electrons. The molecule has 4 heteroatoms. The fraction of sp³-hybridized carbons (Fsp3) is 0.800. The van der Waals surface area contributed by atoms with Crippen LogP contribution in [0.4, 0.5) is 0 Å². The average Bonchev–Trinajstić information content (AvgIpc) is 2.78. The SMILES string of the molecule is CC1(C(NN)C2=CCCO2)CCCO1. The quantitative estimate of drug-likeness (QED) is 0.517. The van der Waals surface area contributed by atoms with Crippen molar-refractivity contribution in [3.05, 3.63) is 11.8 Å². The van der Waals surface area contributed by atoms with Gasteiger partial charge in [0.25, 0.3) is 0 Å². The summed E-state index contributed by atoms with van der Waals surface area (Å²) in [5, 5.41) is 0. The van der Waals surface area contributed by atoms with Gasteiger partial charge in [-0.3, -0.25) is 5.84 Å². The Morgan fingerprint density at radius 3 is 2.93 bits per heavy atom. The van der Waals surface area contributed by atoms with Crippen LogP contribution >= 0.6 is 0 Å². The Labute approximate surface area is 84.4 Å². The van der Waals surface area contributed by atoms with Gasteiger partial charge in [0.2, 0.25) is 0 Å². The summed E-state index contributed by atoms with van der Waals surface area (Å²) >= 11 is 0. The first-order valence-corrected chi connectivity index (χ1v) is 5.19. The molecule has 0 saturated carbocycles. The summed E-state index contributed by atoms with van der Waals surface area (Å²) in [5.74, 6) is 6.51. The first kappa shape index (κ1) is 9.96. The summed E-state index contributed by atoms with van der Waals surface area (Å²) in [7, 11) is 0. The van der Waals surface area contributed by atoms with E-state index in [2.05, 4.69) is 18.4 Å². The molecule has 0 aromatic rings. The molecule has 4 nitrogen and oxygen atoms in total. The summed E-state index contributed by atoms with van der Waals surface area (Å²) in [6, 6.07) is -0.00694. The summed E-state index contributed by atoms with van der Waals surface area (Å²) in [5.41, 5.74) is 2.60. The number of nitrogens with one attached hydrogen (secondary N) is 1. The van der Waals surface area contributed by atoms with Crippen LogP contribution in [-0.4, -0.2) is 24.9 Å². The van der Waals surface area contributed by atoms with Crippen LogP contribution in [0.1, 0.15) is 26.2 Å². The number of hydrogen-bond donors (Lipinski definition) is 2. The lowest BCUT2D eigenvalue weighted by Gasteiger charge is -2.32.